The highest BCUT2D eigenvalue weighted by atomic mass is 19.1. The number of hydrogen-bond acceptors (Lipinski definition) is 8. The third-order valence-electron chi connectivity index (χ3n) is 4.20. The SMILES string of the molecule is COC(=O)Cc1ncc(Nc2nc(-c3c(F)cccc3F)nc3c[nH]c(O)c23)cn1. The van der Waals surface area contributed by atoms with Crippen LogP contribution < -0.4 is 5.32 Å². The van der Waals surface area contributed by atoms with Gasteiger partial charge < -0.3 is 20.1 Å². The van der Waals surface area contributed by atoms with Gasteiger partial charge in [0, 0.05) is 6.20 Å². The van der Waals surface area contributed by atoms with Crippen LogP contribution in [0.1, 0.15) is 5.82 Å². The van der Waals surface area contributed by atoms with Gasteiger partial charge in [-0.15, -0.1) is 0 Å². The van der Waals surface area contributed by atoms with Crippen molar-refractivity contribution < 1.29 is 23.4 Å². The lowest BCUT2D eigenvalue weighted by Gasteiger charge is -2.10. The summed E-state index contributed by atoms with van der Waals surface area (Å²) in [6.45, 7) is 0. The van der Waals surface area contributed by atoms with Crippen LogP contribution in [0.4, 0.5) is 20.3 Å². The van der Waals surface area contributed by atoms with Gasteiger partial charge in [0.1, 0.15) is 35.1 Å². The number of esters is 1. The number of nitrogens with zero attached hydrogens (tertiary/aromatic N) is 4. The number of carbonyl (C=O) groups is 1. The average molecular weight is 412 g/mol. The first-order chi connectivity index (χ1) is 14.5. The van der Waals surface area contributed by atoms with Gasteiger partial charge in [-0.1, -0.05) is 6.07 Å². The van der Waals surface area contributed by atoms with Crippen LogP contribution in [0.2, 0.25) is 0 Å². The highest BCUT2D eigenvalue weighted by molar-refractivity contribution is 5.96. The number of aromatic hydroxyl groups is 1. The highest BCUT2D eigenvalue weighted by Crippen LogP contribution is 2.33. The van der Waals surface area contributed by atoms with Crippen LogP contribution in [0, 0.1) is 11.6 Å². The third kappa shape index (κ3) is 3.60. The van der Waals surface area contributed by atoms with Gasteiger partial charge in [0.05, 0.1) is 36.3 Å². The van der Waals surface area contributed by atoms with Crippen LogP contribution in [0.15, 0.2) is 36.8 Å². The predicted molar refractivity (Wildman–Crippen MR) is 102 cm³/mol. The Balaban J connectivity index is 1.75. The molecule has 4 rings (SSSR count). The number of methoxy groups -OCH3 is 1. The number of ether oxygens (including phenoxy) is 1. The maximum atomic E-state index is 14.2. The molecule has 30 heavy (non-hydrogen) atoms. The number of carbonyl (C=O) groups excluding carboxylic acids is 1. The van der Waals surface area contributed by atoms with Crippen LogP contribution >= 0.6 is 0 Å². The molecule has 0 aliphatic carbocycles. The molecule has 0 saturated carbocycles. The molecule has 152 valence electrons. The van der Waals surface area contributed by atoms with Crippen LogP contribution in [0.3, 0.4) is 0 Å². The van der Waals surface area contributed by atoms with E-state index in [1.54, 1.807) is 0 Å². The van der Waals surface area contributed by atoms with Crippen molar-refractivity contribution in [2.24, 2.45) is 0 Å². The number of aromatic nitrogens is 5. The Morgan fingerprint density at radius 2 is 1.90 bits per heavy atom. The van der Waals surface area contributed by atoms with Crippen LogP contribution in [0.25, 0.3) is 22.3 Å². The molecular weight excluding hydrogens is 398 g/mol. The van der Waals surface area contributed by atoms with E-state index in [2.05, 4.69) is 35.0 Å². The Bertz CT molecular complexity index is 1220. The number of halogens is 2. The number of fused-ring (bicyclic) bond motifs is 1. The summed E-state index contributed by atoms with van der Waals surface area (Å²) >= 11 is 0. The van der Waals surface area contributed by atoms with Crippen molar-refractivity contribution in [1.29, 1.82) is 0 Å². The van der Waals surface area contributed by atoms with Crippen LogP contribution in [-0.2, 0) is 16.0 Å². The zero-order chi connectivity index (χ0) is 21.3. The van der Waals surface area contributed by atoms with Gasteiger partial charge in [0.15, 0.2) is 5.82 Å². The molecule has 0 unspecified atom stereocenters. The van der Waals surface area contributed by atoms with Crippen LogP contribution in [-0.4, -0.2) is 43.1 Å². The first kappa shape index (κ1) is 19.2. The summed E-state index contributed by atoms with van der Waals surface area (Å²) in [7, 11) is 1.26. The van der Waals surface area contributed by atoms with E-state index in [9.17, 15) is 18.7 Å². The Morgan fingerprint density at radius 1 is 1.20 bits per heavy atom. The zero-order valence-corrected chi connectivity index (χ0v) is 15.5. The molecule has 0 aliphatic heterocycles. The Labute approximate surface area is 167 Å². The lowest BCUT2D eigenvalue weighted by Crippen LogP contribution is -2.08. The van der Waals surface area contributed by atoms with Crippen molar-refractivity contribution in [3.63, 3.8) is 0 Å². The molecule has 3 N–H and O–H groups in total. The summed E-state index contributed by atoms with van der Waals surface area (Å²) in [5, 5.41) is 13.2. The smallest absolute Gasteiger partial charge is 0.313 e. The monoisotopic (exact) mass is 412 g/mol. The van der Waals surface area contributed by atoms with Gasteiger partial charge in [-0.25, -0.2) is 28.7 Å². The second-order valence-corrected chi connectivity index (χ2v) is 6.16. The molecular formula is C19H14F2N6O3. The first-order valence-electron chi connectivity index (χ1n) is 8.63. The summed E-state index contributed by atoms with van der Waals surface area (Å²) in [5.74, 6) is -2.23. The van der Waals surface area contributed by atoms with Crippen molar-refractivity contribution >= 4 is 28.4 Å². The summed E-state index contributed by atoms with van der Waals surface area (Å²) in [6.07, 6.45) is 4.08. The molecule has 0 amide bonds. The molecule has 0 aliphatic rings. The zero-order valence-electron chi connectivity index (χ0n) is 15.5. The van der Waals surface area contributed by atoms with Crippen molar-refractivity contribution in [1.82, 2.24) is 24.9 Å². The van der Waals surface area contributed by atoms with E-state index in [0.717, 1.165) is 12.1 Å². The average Bonchev–Trinajstić information content (AvgIpc) is 3.10. The number of nitrogens with one attached hydrogen (secondary N) is 2. The van der Waals surface area contributed by atoms with E-state index in [0.29, 0.717) is 5.69 Å². The standard InChI is InChI=1S/C19H14F2N6O3/c1-30-14(28)5-13-22-6-9(7-23-13)25-18-16-12(8-24-19(16)29)26-17(27-18)15-10(20)3-2-4-11(15)21/h2-4,6-8,24,29H,5H2,1H3,(H,25,26,27). The van der Waals surface area contributed by atoms with E-state index in [-0.39, 0.29) is 40.7 Å². The Kier molecular flexibility index (Phi) is 4.92. The maximum Gasteiger partial charge on any atom is 0.313 e. The highest BCUT2D eigenvalue weighted by Gasteiger charge is 2.19. The topological polar surface area (TPSA) is 126 Å². The molecule has 1 aromatic carbocycles. The van der Waals surface area contributed by atoms with E-state index in [4.69, 9.17) is 0 Å². The van der Waals surface area contributed by atoms with Gasteiger partial charge in [-0.3, -0.25) is 4.79 Å². The fourth-order valence-corrected chi connectivity index (χ4v) is 2.79. The van der Waals surface area contributed by atoms with Gasteiger partial charge in [0.2, 0.25) is 5.88 Å². The van der Waals surface area contributed by atoms with Crippen molar-refractivity contribution in [3.05, 3.63) is 54.2 Å². The van der Waals surface area contributed by atoms with E-state index < -0.39 is 23.2 Å². The van der Waals surface area contributed by atoms with Crippen LogP contribution in [0.5, 0.6) is 5.88 Å². The number of aromatic amines is 1. The largest absolute Gasteiger partial charge is 0.494 e. The van der Waals surface area contributed by atoms with Crippen molar-refractivity contribution in [2.45, 2.75) is 6.42 Å². The fraction of sp³-hybridized carbons (Fsp3) is 0.105. The van der Waals surface area contributed by atoms with E-state index in [1.807, 2.05) is 0 Å². The van der Waals surface area contributed by atoms with Gasteiger partial charge in [-0.2, -0.15) is 0 Å². The molecule has 0 saturated heterocycles. The number of anilines is 2. The third-order valence-corrected chi connectivity index (χ3v) is 4.20. The first-order valence-corrected chi connectivity index (χ1v) is 8.63. The Hall–Kier alpha value is -4.15. The normalized spacial score (nSPS) is 10.9. The van der Waals surface area contributed by atoms with E-state index in [1.165, 1.54) is 31.8 Å². The molecule has 4 aromatic rings. The molecule has 11 heteroatoms. The second kappa shape index (κ2) is 7.70. The van der Waals surface area contributed by atoms with Gasteiger partial charge in [0.25, 0.3) is 0 Å². The number of benzene rings is 1. The number of hydrogen-bond donors (Lipinski definition) is 3. The Morgan fingerprint density at radius 3 is 2.57 bits per heavy atom. The summed E-state index contributed by atoms with van der Waals surface area (Å²) in [6, 6.07) is 3.43. The second-order valence-electron chi connectivity index (χ2n) is 6.16. The minimum Gasteiger partial charge on any atom is -0.494 e. The number of rotatable bonds is 5. The summed E-state index contributed by atoms with van der Waals surface area (Å²) in [4.78, 5) is 30.3. The molecule has 3 aromatic heterocycles. The molecule has 0 fully saturated rings. The maximum absolute atomic E-state index is 14.2. The molecule has 3 heterocycles. The van der Waals surface area contributed by atoms with Gasteiger partial charge in [-0.05, 0) is 12.1 Å². The molecule has 0 bridgehead atoms. The molecule has 0 radical (unpaired) electrons. The molecule has 9 nitrogen and oxygen atoms in total. The summed E-state index contributed by atoms with van der Waals surface area (Å²) in [5.41, 5.74) is 0.211. The quantitative estimate of drug-likeness (QED) is 0.427. The minimum absolute atomic E-state index is 0.0840. The lowest BCUT2D eigenvalue weighted by molar-refractivity contribution is -0.139. The fourth-order valence-electron chi connectivity index (χ4n) is 2.79. The van der Waals surface area contributed by atoms with E-state index >= 15 is 0 Å². The summed E-state index contributed by atoms with van der Waals surface area (Å²) < 4.78 is 33.0. The molecule has 0 spiro atoms. The van der Waals surface area contributed by atoms with Gasteiger partial charge >= 0.3 is 5.97 Å². The molecule has 0 atom stereocenters. The minimum atomic E-state index is -0.824. The van der Waals surface area contributed by atoms with Crippen molar-refractivity contribution in [2.75, 3.05) is 12.4 Å². The number of H-pyrrole nitrogens is 1. The predicted octanol–water partition coefficient (Wildman–Crippen LogP) is 2.86. The lowest BCUT2D eigenvalue weighted by atomic mass is 10.1. The van der Waals surface area contributed by atoms with Crippen molar-refractivity contribution in [3.8, 4) is 17.3 Å².